The minimum Gasteiger partial charge on any atom is -0.471 e. The van der Waals surface area contributed by atoms with Gasteiger partial charge in [0.1, 0.15) is 28.8 Å². The number of anilines is 1. The van der Waals surface area contributed by atoms with Gasteiger partial charge in [-0.25, -0.2) is 13.6 Å². The molecule has 26 heavy (non-hydrogen) atoms. The number of primary amides is 1. The van der Waals surface area contributed by atoms with Gasteiger partial charge in [-0.05, 0) is 30.1 Å². The Labute approximate surface area is 151 Å². The molecule has 140 valence electrons. The lowest BCUT2D eigenvalue weighted by atomic mass is 10.2. The van der Waals surface area contributed by atoms with E-state index in [1.54, 1.807) is 0 Å². The smallest absolute Gasteiger partial charge is 0.319 e. The Balaban J connectivity index is 2.08. The van der Waals surface area contributed by atoms with Gasteiger partial charge in [0.25, 0.3) is 5.91 Å². The van der Waals surface area contributed by atoms with Gasteiger partial charge >= 0.3 is 6.03 Å². The first-order valence-corrected chi connectivity index (χ1v) is 8.21. The van der Waals surface area contributed by atoms with E-state index < -0.39 is 23.6 Å². The van der Waals surface area contributed by atoms with Crippen LogP contribution in [-0.2, 0) is 6.61 Å². The SMILES string of the molecule is NC(=O)c1c(OCc2ccc(F)cc2F)nsc1NC(=O)NCCCO. The molecule has 2 aromatic rings. The maximum absolute atomic E-state index is 13.6. The average Bonchev–Trinajstić information content (AvgIpc) is 2.97. The summed E-state index contributed by atoms with van der Waals surface area (Å²) >= 11 is 0.763. The second-order valence-corrected chi connectivity index (χ2v) is 5.81. The quantitative estimate of drug-likeness (QED) is 0.513. The van der Waals surface area contributed by atoms with E-state index in [9.17, 15) is 18.4 Å². The minimum atomic E-state index is -0.890. The minimum absolute atomic E-state index is 0.0612. The number of halogens is 2. The molecule has 1 aromatic carbocycles. The van der Waals surface area contributed by atoms with Gasteiger partial charge < -0.3 is 20.9 Å². The number of amides is 3. The second kappa shape index (κ2) is 9.06. The van der Waals surface area contributed by atoms with Crippen molar-refractivity contribution in [1.82, 2.24) is 9.69 Å². The van der Waals surface area contributed by atoms with E-state index >= 15 is 0 Å². The molecule has 3 amide bonds. The Bertz CT molecular complexity index is 800. The number of nitrogens with one attached hydrogen (secondary N) is 2. The lowest BCUT2D eigenvalue weighted by molar-refractivity contribution is 0.0996. The summed E-state index contributed by atoms with van der Waals surface area (Å²) in [5.74, 6) is -2.59. The van der Waals surface area contributed by atoms with Crippen molar-refractivity contribution in [2.45, 2.75) is 13.0 Å². The number of aromatic nitrogens is 1. The van der Waals surface area contributed by atoms with Crippen molar-refractivity contribution < 1.29 is 28.2 Å². The van der Waals surface area contributed by atoms with E-state index in [1.807, 2.05) is 0 Å². The number of urea groups is 1. The van der Waals surface area contributed by atoms with Crippen molar-refractivity contribution in [3.63, 3.8) is 0 Å². The summed E-state index contributed by atoms with van der Waals surface area (Å²) in [6.45, 7) is -0.149. The number of hydrogen-bond acceptors (Lipinski definition) is 6. The van der Waals surface area contributed by atoms with Gasteiger partial charge in [-0.15, -0.1) is 0 Å². The molecule has 0 aliphatic carbocycles. The Hall–Kier alpha value is -2.79. The highest BCUT2D eigenvalue weighted by Crippen LogP contribution is 2.30. The van der Waals surface area contributed by atoms with Gasteiger partial charge in [-0.2, -0.15) is 4.37 Å². The molecule has 0 aliphatic rings. The molecule has 1 heterocycles. The molecule has 1 aromatic heterocycles. The topological polar surface area (TPSA) is 127 Å². The van der Waals surface area contributed by atoms with E-state index in [1.165, 1.54) is 6.07 Å². The van der Waals surface area contributed by atoms with Crippen LogP contribution < -0.4 is 21.1 Å². The Morgan fingerprint density at radius 1 is 1.35 bits per heavy atom. The fraction of sp³-hybridized carbons (Fsp3) is 0.267. The highest BCUT2D eigenvalue weighted by atomic mass is 32.1. The first kappa shape index (κ1) is 19.5. The molecule has 5 N–H and O–H groups in total. The highest BCUT2D eigenvalue weighted by molar-refractivity contribution is 7.11. The number of rotatable bonds is 8. The summed E-state index contributed by atoms with van der Waals surface area (Å²) in [4.78, 5) is 23.4. The van der Waals surface area contributed by atoms with Crippen molar-refractivity contribution in [2.24, 2.45) is 5.73 Å². The van der Waals surface area contributed by atoms with E-state index in [-0.39, 0.29) is 41.8 Å². The number of aliphatic hydroxyl groups excluding tert-OH is 1. The monoisotopic (exact) mass is 386 g/mol. The van der Waals surface area contributed by atoms with E-state index in [4.69, 9.17) is 15.6 Å². The van der Waals surface area contributed by atoms with Crippen LogP contribution in [0.4, 0.5) is 18.6 Å². The molecule has 8 nitrogen and oxygen atoms in total. The molecule has 0 unspecified atom stereocenters. The predicted octanol–water partition coefficient (Wildman–Crippen LogP) is 1.60. The summed E-state index contributed by atoms with van der Waals surface area (Å²) in [7, 11) is 0. The lowest BCUT2D eigenvalue weighted by Crippen LogP contribution is -2.30. The number of aliphatic hydroxyl groups is 1. The molecule has 0 bridgehead atoms. The van der Waals surface area contributed by atoms with Crippen molar-refractivity contribution in [2.75, 3.05) is 18.5 Å². The standard InChI is InChI=1S/C15H16F2N4O4S/c16-9-3-2-8(10(17)6-9)7-25-13-11(12(18)23)14(26-21-13)20-15(24)19-4-1-5-22/h2-3,6,22H,1,4-5,7H2,(H2,18,23)(H2,19,20,24). The van der Waals surface area contributed by atoms with Crippen LogP contribution in [-0.4, -0.2) is 34.6 Å². The molecule has 11 heteroatoms. The summed E-state index contributed by atoms with van der Waals surface area (Å²) in [5.41, 5.74) is 5.20. The molecular formula is C15H16F2N4O4S. The van der Waals surface area contributed by atoms with Crippen molar-refractivity contribution in [3.05, 3.63) is 41.0 Å². The van der Waals surface area contributed by atoms with E-state index in [0.717, 1.165) is 17.6 Å². The summed E-state index contributed by atoms with van der Waals surface area (Å²) in [5, 5.41) is 13.6. The molecule has 0 atom stereocenters. The fourth-order valence-electron chi connectivity index (χ4n) is 1.89. The van der Waals surface area contributed by atoms with Crippen LogP contribution in [0.3, 0.4) is 0 Å². The molecular weight excluding hydrogens is 370 g/mol. The van der Waals surface area contributed by atoms with Gasteiger partial charge in [0.15, 0.2) is 0 Å². The molecule has 2 rings (SSSR count). The molecule has 0 aliphatic heterocycles. The predicted molar refractivity (Wildman–Crippen MR) is 90.0 cm³/mol. The van der Waals surface area contributed by atoms with Gasteiger partial charge in [0.05, 0.1) is 0 Å². The summed E-state index contributed by atoms with van der Waals surface area (Å²) in [6.07, 6.45) is 0.371. The zero-order chi connectivity index (χ0) is 19.1. The van der Waals surface area contributed by atoms with Crippen molar-refractivity contribution in [1.29, 1.82) is 0 Å². The lowest BCUT2D eigenvalue weighted by Gasteiger charge is -2.08. The summed E-state index contributed by atoms with van der Waals surface area (Å²) in [6, 6.07) is 2.37. The first-order valence-electron chi connectivity index (χ1n) is 7.44. The molecule has 0 spiro atoms. The second-order valence-electron chi connectivity index (χ2n) is 5.04. The van der Waals surface area contributed by atoms with Crippen LogP contribution in [0.25, 0.3) is 0 Å². The van der Waals surface area contributed by atoms with Crippen LogP contribution in [0.2, 0.25) is 0 Å². The maximum Gasteiger partial charge on any atom is 0.319 e. The number of carbonyl (C=O) groups excluding carboxylic acids is 2. The van der Waals surface area contributed by atoms with Crippen LogP contribution >= 0.6 is 11.5 Å². The summed E-state index contributed by atoms with van der Waals surface area (Å²) < 4.78 is 35.7. The Kier molecular flexibility index (Phi) is 6.81. The van der Waals surface area contributed by atoms with Crippen LogP contribution in [0.1, 0.15) is 22.3 Å². The van der Waals surface area contributed by atoms with Gasteiger partial charge in [0.2, 0.25) is 5.88 Å². The number of hydrogen-bond donors (Lipinski definition) is 4. The van der Waals surface area contributed by atoms with Gasteiger partial charge in [-0.1, -0.05) is 0 Å². The number of carbonyl (C=O) groups is 2. The highest BCUT2D eigenvalue weighted by Gasteiger charge is 2.22. The molecule has 0 saturated heterocycles. The van der Waals surface area contributed by atoms with Crippen molar-refractivity contribution in [3.8, 4) is 5.88 Å². The third kappa shape index (κ3) is 5.10. The number of benzene rings is 1. The van der Waals surface area contributed by atoms with Crippen LogP contribution in [0.5, 0.6) is 5.88 Å². The Morgan fingerprint density at radius 2 is 2.12 bits per heavy atom. The van der Waals surface area contributed by atoms with Crippen molar-refractivity contribution >= 4 is 28.5 Å². The fourth-order valence-corrected chi connectivity index (χ4v) is 2.63. The number of nitrogens with zero attached hydrogens (tertiary/aromatic N) is 1. The number of nitrogens with two attached hydrogens (primary N) is 1. The molecule has 0 radical (unpaired) electrons. The first-order chi connectivity index (χ1) is 12.4. The maximum atomic E-state index is 13.6. The van der Waals surface area contributed by atoms with Crippen LogP contribution in [0.15, 0.2) is 18.2 Å². The average molecular weight is 386 g/mol. The normalized spacial score (nSPS) is 10.4. The third-order valence-corrected chi connectivity index (χ3v) is 3.88. The van der Waals surface area contributed by atoms with Gasteiger partial charge in [-0.3, -0.25) is 10.1 Å². The van der Waals surface area contributed by atoms with E-state index in [0.29, 0.717) is 12.5 Å². The Morgan fingerprint density at radius 3 is 2.77 bits per heavy atom. The largest absolute Gasteiger partial charge is 0.471 e. The molecule has 0 fully saturated rings. The van der Waals surface area contributed by atoms with Crippen LogP contribution in [0, 0.1) is 11.6 Å². The zero-order valence-corrected chi connectivity index (χ0v) is 14.2. The third-order valence-electron chi connectivity index (χ3n) is 3.13. The number of ether oxygens (including phenoxy) is 1. The molecule has 0 saturated carbocycles. The van der Waals surface area contributed by atoms with E-state index in [2.05, 4.69) is 15.0 Å². The van der Waals surface area contributed by atoms with Gasteiger partial charge in [0, 0.05) is 24.8 Å². The zero-order valence-electron chi connectivity index (χ0n) is 13.4.